The minimum absolute atomic E-state index is 0.879. The molecule has 0 aromatic heterocycles. The zero-order chi connectivity index (χ0) is 11.4. The number of hydrogen-bond donors (Lipinski definition) is 1. The quantitative estimate of drug-likeness (QED) is 0.788. The van der Waals surface area contributed by atoms with Gasteiger partial charge in [0.25, 0.3) is 0 Å². The van der Waals surface area contributed by atoms with Crippen molar-refractivity contribution in [2.75, 3.05) is 32.7 Å². The highest BCUT2D eigenvalue weighted by molar-refractivity contribution is 4.80. The lowest BCUT2D eigenvalue weighted by molar-refractivity contribution is 0.231. The molecule has 2 fully saturated rings. The van der Waals surface area contributed by atoms with E-state index in [2.05, 4.69) is 24.1 Å². The SMILES string of the molecule is CC(C)CC1CCN(CC2CCNCC2)C1. The van der Waals surface area contributed by atoms with E-state index in [1.54, 1.807) is 0 Å². The van der Waals surface area contributed by atoms with Gasteiger partial charge >= 0.3 is 0 Å². The predicted octanol–water partition coefficient (Wildman–Crippen LogP) is 2.35. The van der Waals surface area contributed by atoms with Crippen molar-refractivity contribution in [2.24, 2.45) is 17.8 Å². The van der Waals surface area contributed by atoms with Gasteiger partial charge in [-0.1, -0.05) is 13.8 Å². The summed E-state index contributed by atoms with van der Waals surface area (Å²) in [6.07, 6.45) is 5.67. The maximum atomic E-state index is 3.46. The molecule has 2 nitrogen and oxygen atoms in total. The fourth-order valence-corrected chi connectivity index (χ4v) is 3.37. The van der Waals surface area contributed by atoms with Gasteiger partial charge in [-0.25, -0.2) is 0 Å². The van der Waals surface area contributed by atoms with Gasteiger partial charge in [0.05, 0.1) is 0 Å². The van der Waals surface area contributed by atoms with Crippen LogP contribution in [0.25, 0.3) is 0 Å². The summed E-state index contributed by atoms with van der Waals surface area (Å²) >= 11 is 0. The van der Waals surface area contributed by atoms with E-state index in [4.69, 9.17) is 0 Å². The van der Waals surface area contributed by atoms with E-state index in [0.717, 1.165) is 17.8 Å². The van der Waals surface area contributed by atoms with Crippen LogP contribution in [-0.4, -0.2) is 37.6 Å². The Morgan fingerprint density at radius 3 is 2.56 bits per heavy atom. The van der Waals surface area contributed by atoms with Crippen LogP contribution in [0.5, 0.6) is 0 Å². The number of piperidine rings is 1. The van der Waals surface area contributed by atoms with Crippen molar-refractivity contribution in [3.63, 3.8) is 0 Å². The van der Waals surface area contributed by atoms with Crippen LogP contribution in [-0.2, 0) is 0 Å². The molecule has 0 bridgehead atoms. The van der Waals surface area contributed by atoms with Gasteiger partial charge in [0.1, 0.15) is 0 Å². The molecule has 1 unspecified atom stereocenters. The van der Waals surface area contributed by atoms with Crippen molar-refractivity contribution in [2.45, 2.75) is 39.5 Å². The van der Waals surface area contributed by atoms with E-state index >= 15 is 0 Å². The van der Waals surface area contributed by atoms with E-state index in [1.165, 1.54) is 58.4 Å². The molecule has 0 aromatic carbocycles. The monoisotopic (exact) mass is 224 g/mol. The lowest BCUT2D eigenvalue weighted by atomic mass is 9.96. The smallest absolute Gasteiger partial charge is 0.00107 e. The minimum atomic E-state index is 0.879. The van der Waals surface area contributed by atoms with Crippen molar-refractivity contribution < 1.29 is 0 Å². The fourth-order valence-electron chi connectivity index (χ4n) is 3.37. The van der Waals surface area contributed by atoms with E-state index in [0.29, 0.717) is 0 Å². The van der Waals surface area contributed by atoms with Crippen molar-refractivity contribution >= 4 is 0 Å². The Hall–Kier alpha value is -0.0800. The summed E-state index contributed by atoms with van der Waals surface area (Å²) in [6, 6.07) is 0. The molecule has 2 rings (SSSR count). The molecule has 0 amide bonds. The van der Waals surface area contributed by atoms with Gasteiger partial charge in [0.15, 0.2) is 0 Å². The number of hydrogen-bond acceptors (Lipinski definition) is 2. The number of rotatable bonds is 4. The fraction of sp³-hybridized carbons (Fsp3) is 1.00. The molecular formula is C14H28N2. The van der Waals surface area contributed by atoms with Crippen LogP contribution in [0, 0.1) is 17.8 Å². The van der Waals surface area contributed by atoms with Gasteiger partial charge in [0.2, 0.25) is 0 Å². The lowest BCUT2D eigenvalue weighted by Gasteiger charge is -2.27. The summed E-state index contributed by atoms with van der Waals surface area (Å²) in [5, 5.41) is 3.46. The van der Waals surface area contributed by atoms with Crippen molar-refractivity contribution in [1.82, 2.24) is 10.2 Å². The molecule has 94 valence electrons. The molecule has 0 radical (unpaired) electrons. The third-order valence-corrected chi connectivity index (χ3v) is 4.15. The molecule has 2 aliphatic rings. The molecule has 2 aliphatic heterocycles. The number of nitrogens with zero attached hydrogens (tertiary/aromatic N) is 1. The van der Waals surface area contributed by atoms with Gasteiger partial charge in [-0.2, -0.15) is 0 Å². The van der Waals surface area contributed by atoms with E-state index in [9.17, 15) is 0 Å². The second kappa shape index (κ2) is 6.02. The summed E-state index contributed by atoms with van der Waals surface area (Å²) < 4.78 is 0. The maximum Gasteiger partial charge on any atom is 0.00107 e. The third kappa shape index (κ3) is 3.74. The third-order valence-electron chi connectivity index (χ3n) is 4.15. The minimum Gasteiger partial charge on any atom is -0.317 e. The molecule has 1 N–H and O–H groups in total. The molecule has 2 heterocycles. The normalized spacial score (nSPS) is 29.1. The van der Waals surface area contributed by atoms with Crippen molar-refractivity contribution in [3.8, 4) is 0 Å². The Morgan fingerprint density at radius 1 is 1.12 bits per heavy atom. The van der Waals surface area contributed by atoms with Gasteiger partial charge in [-0.15, -0.1) is 0 Å². The molecule has 2 heteroatoms. The predicted molar refractivity (Wildman–Crippen MR) is 69.6 cm³/mol. The zero-order valence-corrected chi connectivity index (χ0v) is 11.0. The molecular weight excluding hydrogens is 196 g/mol. The molecule has 0 aromatic rings. The first-order valence-corrected chi connectivity index (χ1v) is 7.17. The summed E-state index contributed by atoms with van der Waals surface area (Å²) in [7, 11) is 0. The van der Waals surface area contributed by atoms with Crippen LogP contribution >= 0.6 is 0 Å². The summed E-state index contributed by atoms with van der Waals surface area (Å²) in [4.78, 5) is 2.73. The van der Waals surface area contributed by atoms with Crippen LogP contribution < -0.4 is 5.32 Å². The van der Waals surface area contributed by atoms with Gasteiger partial charge in [-0.05, 0) is 63.1 Å². The van der Waals surface area contributed by atoms with Crippen molar-refractivity contribution in [1.29, 1.82) is 0 Å². The highest BCUT2D eigenvalue weighted by atomic mass is 15.1. The Labute approximate surface area is 101 Å². The lowest BCUT2D eigenvalue weighted by Crippen LogP contribution is -2.35. The van der Waals surface area contributed by atoms with E-state index < -0.39 is 0 Å². The van der Waals surface area contributed by atoms with Gasteiger partial charge in [0, 0.05) is 13.1 Å². The van der Waals surface area contributed by atoms with E-state index in [1.807, 2.05) is 0 Å². The summed E-state index contributed by atoms with van der Waals surface area (Å²) in [5.74, 6) is 2.84. The van der Waals surface area contributed by atoms with Gasteiger partial charge in [-0.3, -0.25) is 0 Å². The highest BCUT2D eigenvalue weighted by Crippen LogP contribution is 2.25. The van der Waals surface area contributed by atoms with Crippen LogP contribution in [0.2, 0.25) is 0 Å². The summed E-state index contributed by atoms with van der Waals surface area (Å²) in [6.45, 7) is 11.3. The number of likely N-dealkylation sites (tertiary alicyclic amines) is 1. The highest BCUT2D eigenvalue weighted by Gasteiger charge is 2.25. The Balaban J connectivity index is 1.67. The van der Waals surface area contributed by atoms with Crippen LogP contribution in [0.15, 0.2) is 0 Å². The molecule has 2 saturated heterocycles. The largest absolute Gasteiger partial charge is 0.317 e. The molecule has 0 saturated carbocycles. The second-order valence-corrected chi connectivity index (χ2v) is 6.24. The van der Waals surface area contributed by atoms with Crippen molar-refractivity contribution in [3.05, 3.63) is 0 Å². The molecule has 0 aliphatic carbocycles. The Bertz CT molecular complexity index is 197. The first-order chi connectivity index (χ1) is 7.74. The average Bonchev–Trinajstić information content (AvgIpc) is 2.66. The van der Waals surface area contributed by atoms with Crippen LogP contribution in [0.3, 0.4) is 0 Å². The second-order valence-electron chi connectivity index (χ2n) is 6.24. The Morgan fingerprint density at radius 2 is 1.88 bits per heavy atom. The molecule has 16 heavy (non-hydrogen) atoms. The molecule has 1 atom stereocenters. The van der Waals surface area contributed by atoms with E-state index in [-0.39, 0.29) is 0 Å². The van der Waals surface area contributed by atoms with Crippen LogP contribution in [0.4, 0.5) is 0 Å². The van der Waals surface area contributed by atoms with Crippen LogP contribution in [0.1, 0.15) is 39.5 Å². The summed E-state index contributed by atoms with van der Waals surface area (Å²) in [5.41, 5.74) is 0. The standard InChI is InChI=1S/C14H28N2/c1-12(2)9-14-5-8-16(11-14)10-13-3-6-15-7-4-13/h12-15H,3-11H2,1-2H3. The zero-order valence-electron chi connectivity index (χ0n) is 11.0. The average molecular weight is 224 g/mol. The Kier molecular flexibility index (Phi) is 4.66. The maximum absolute atomic E-state index is 3.46. The van der Waals surface area contributed by atoms with Gasteiger partial charge < -0.3 is 10.2 Å². The molecule has 0 spiro atoms. The first kappa shape index (κ1) is 12.4. The topological polar surface area (TPSA) is 15.3 Å². The number of nitrogens with one attached hydrogen (secondary N) is 1. The first-order valence-electron chi connectivity index (χ1n) is 7.17.